The highest BCUT2D eigenvalue weighted by Crippen LogP contribution is 2.60. The zero-order valence-electron chi connectivity index (χ0n) is 28.4. The molecule has 1 spiro atoms. The summed E-state index contributed by atoms with van der Waals surface area (Å²) in [6, 6.07) is 4.46. The Bertz CT molecular complexity index is 684. The van der Waals surface area contributed by atoms with Crippen molar-refractivity contribution in [3.8, 4) is 0 Å². The van der Waals surface area contributed by atoms with Crippen molar-refractivity contribution in [3.63, 3.8) is 0 Å². The fourth-order valence-corrected chi connectivity index (χ4v) is 7.66. The number of likely N-dealkylation sites (N-methyl/N-ethyl adjacent to an activating group) is 4. The zero-order chi connectivity index (χ0) is 30.4. The third-order valence-corrected chi connectivity index (χ3v) is 10.2. The second-order valence-electron chi connectivity index (χ2n) is 14.7. The normalized spacial score (nSPS) is 40.5. The molecule has 6 N–H and O–H groups in total. The fraction of sp³-hybridized carbons (Fsp3) is 1.00. The van der Waals surface area contributed by atoms with Gasteiger partial charge in [-0.25, -0.2) is 0 Å². The number of hydrogen-bond donors (Lipinski definition) is 3. The predicted octanol–water partition coefficient (Wildman–Crippen LogP) is 2.56. The first-order valence-corrected chi connectivity index (χ1v) is 16.4. The van der Waals surface area contributed by atoms with Crippen molar-refractivity contribution < 1.29 is 0 Å². The van der Waals surface area contributed by atoms with E-state index < -0.39 is 0 Å². The van der Waals surface area contributed by atoms with Gasteiger partial charge in [-0.05, 0) is 97.7 Å². The molecule has 238 valence electrons. The van der Waals surface area contributed by atoms with E-state index >= 15 is 0 Å². The summed E-state index contributed by atoms with van der Waals surface area (Å²) in [7, 11) is 11.3. The van der Waals surface area contributed by atoms with Gasteiger partial charge in [0, 0.05) is 68.5 Å². The van der Waals surface area contributed by atoms with Gasteiger partial charge in [0.2, 0.25) is 0 Å². The van der Waals surface area contributed by atoms with Crippen LogP contribution in [0, 0.1) is 11.8 Å². The molecular weight excluding hydrogens is 496 g/mol. The van der Waals surface area contributed by atoms with Crippen molar-refractivity contribution in [1.29, 1.82) is 0 Å². The lowest BCUT2D eigenvalue weighted by Crippen LogP contribution is -2.51. The SMILES string of the molecule is CC(C)N.CC(C)N.CCC1CC(N)C(C)CN1C.CN1CC2CCC(C1)N2C.CN1CC2CCC23C(C1)N3C. The summed E-state index contributed by atoms with van der Waals surface area (Å²) in [6.45, 7) is 18.7. The van der Waals surface area contributed by atoms with E-state index in [1.54, 1.807) is 0 Å². The van der Waals surface area contributed by atoms with E-state index in [0.717, 1.165) is 30.1 Å². The average Bonchev–Trinajstić information content (AvgIpc) is 3.39. The standard InChI is InChI=1S/C9H16N2.C9H20N2.C8H16N2.2C3H9N/c1-10-5-7-3-4-9(7)8(6-10)11(9)2;1-4-8-5-9(10)7(2)6-11(8)3;1-9-5-7-3-4-8(6-9)10(7)2;2*1-3(2)4/h7-8H,3-6H2,1-2H3;7-9H,4-6,10H2,1-3H3;7-8H,3-6H2,1-2H3;2*3H,4H2,1-2H3. The van der Waals surface area contributed by atoms with Crippen LogP contribution in [-0.2, 0) is 0 Å². The maximum absolute atomic E-state index is 5.98. The van der Waals surface area contributed by atoms with Gasteiger partial charge in [0.15, 0.2) is 0 Å². The largest absolute Gasteiger partial charge is 0.328 e. The van der Waals surface area contributed by atoms with E-state index in [9.17, 15) is 0 Å². The van der Waals surface area contributed by atoms with Crippen molar-refractivity contribution >= 4 is 0 Å². The molecule has 6 rings (SSSR count). The van der Waals surface area contributed by atoms with Crippen LogP contribution in [0.15, 0.2) is 0 Å². The molecule has 1 saturated carbocycles. The summed E-state index contributed by atoms with van der Waals surface area (Å²) in [5, 5.41) is 0. The first-order valence-electron chi connectivity index (χ1n) is 16.4. The van der Waals surface area contributed by atoms with Crippen LogP contribution < -0.4 is 17.2 Å². The first-order chi connectivity index (χ1) is 18.6. The summed E-state index contributed by atoms with van der Waals surface area (Å²) in [5.41, 5.74) is 16.9. The predicted molar refractivity (Wildman–Crippen MR) is 174 cm³/mol. The van der Waals surface area contributed by atoms with Crippen LogP contribution >= 0.6 is 0 Å². The van der Waals surface area contributed by atoms with Crippen molar-refractivity contribution in [2.24, 2.45) is 29.0 Å². The number of piperazine rings is 1. The van der Waals surface area contributed by atoms with E-state index in [1.807, 2.05) is 27.7 Å². The third-order valence-electron chi connectivity index (χ3n) is 10.2. The maximum atomic E-state index is 5.98. The molecule has 6 fully saturated rings. The minimum Gasteiger partial charge on any atom is -0.328 e. The smallest absolute Gasteiger partial charge is 0.0418 e. The van der Waals surface area contributed by atoms with Gasteiger partial charge >= 0.3 is 0 Å². The minimum absolute atomic E-state index is 0.333. The van der Waals surface area contributed by atoms with E-state index in [4.69, 9.17) is 17.2 Å². The summed E-state index contributed by atoms with van der Waals surface area (Å²) in [4.78, 5) is 12.6. The molecule has 5 heterocycles. The molecule has 0 radical (unpaired) electrons. The van der Waals surface area contributed by atoms with Crippen LogP contribution in [0.2, 0.25) is 0 Å². The molecule has 8 nitrogen and oxygen atoms in total. The highest BCUT2D eigenvalue weighted by molar-refractivity contribution is 5.26. The molecule has 2 bridgehead atoms. The molecule has 6 aliphatic rings. The Kier molecular flexibility index (Phi) is 14.3. The molecule has 0 aromatic carbocycles. The van der Waals surface area contributed by atoms with Crippen LogP contribution in [0.5, 0.6) is 0 Å². The van der Waals surface area contributed by atoms with Gasteiger partial charge in [-0.3, -0.25) is 9.80 Å². The van der Waals surface area contributed by atoms with E-state index in [0.29, 0.717) is 29.6 Å². The van der Waals surface area contributed by atoms with Crippen LogP contribution in [0.1, 0.15) is 80.1 Å². The highest BCUT2D eigenvalue weighted by atomic mass is 15.4. The zero-order valence-corrected chi connectivity index (χ0v) is 28.4. The molecule has 0 amide bonds. The summed E-state index contributed by atoms with van der Waals surface area (Å²) in [6.07, 6.45) is 8.21. The van der Waals surface area contributed by atoms with Gasteiger partial charge in [-0.15, -0.1) is 0 Å². The van der Waals surface area contributed by atoms with Crippen molar-refractivity contribution in [3.05, 3.63) is 0 Å². The number of nitrogens with two attached hydrogens (primary N) is 3. The van der Waals surface area contributed by atoms with Crippen LogP contribution in [0.25, 0.3) is 0 Å². The lowest BCUT2D eigenvalue weighted by atomic mass is 9.68. The van der Waals surface area contributed by atoms with Crippen molar-refractivity contribution in [1.82, 2.24) is 24.5 Å². The Labute approximate surface area is 249 Å². The molecule has 9 atom stereocenters. The molecule has 40 heavy (non-hydrogen) atoms. The van der Waals surface area contributed by atoms with E-state index in [2.05, 4.69) is 73.6 Å². The summed E-state index contributed by atoms with van der Waals surface area (Å²) >= 11 is 0. The van der Waals surface area contributed by atoms with E-state index in [-0.39, 0.29) is 0 Å². The Balaban J connectivity index is 0.000000186. The molecule has 8 heteroatoms. The second kappa shape index (κ2) is 15.9. The minimum atomic E-state index is 0.333. The number of likely N-dealkylation sites (tertiary alicyclic amines) is 3. The van der Waals surface area contributed by atoms with Crippen molar-refractivity contribution in [2.75, 3.05) is 68.0 Å². The average molecular weight is 567 g/mol. The summed E-state index contributed by atoms with van der Waals surface area (Å²) in [5.74, 6) is 1.68. The van der Waals surface area contributed by atoms with E-state index in [1.165, 1.54) is 71.2 Å². The Morgan fingerprint density at radius 1 is 0.775 bits per heavy atom. The van der Waals surface area contributed by atoms with Gasteiger partial charge < -0.3 is 31.9 Å². The number of hydrogen-bond acceptors (Lipinski definition) is 8. The summed E-state index contributed by atoms with van der Waals surface area (Å²) < 4.78 is 0. The molecule has 5 saturated heterocycles. The van der Waals surface area contributed by atoms with Gasteiger partial charge in [0.1, 0.15) is 0 Å². The van der Waals surface area contributed by atoms with Gasteiger partial charge in [-0.2, -0.15) is 0 Å². The van der Waals surface area contributed by atoms with Crippen molar-refractivity contribution in [2.45, 2.75) is 128 Å². The number of piperidine rings is 2. The highest BCUT2D eigenvalue weighted by Gasteiger charge is 2.70. The lowest BCUT2D eigenvalue weighted by Gasteiger charge is -2.43. The quantitative estimate of drug-likeness (QED) is 0.417. The molecule has 0 aromatic rings. The first kappa shape index (κ1) is 35.9. The lowest BCUT2D eigenvalue weighted by molar-refractivity contribution is 0.100. The number of rotatable bonds is 1. The van der Waals surface area contributed by atoms with Gasteiger partial charge in [-0.1, -0.05) is 41.5 Å². The fourth-order valence-electron chi connectivity index (χ4n) is 7.66. The van der Waals surface area contributed by atoms with Crippen LogP contribution in [-0.4, -0.2) is 140 Å². The molecule has 9 unspecified atom stereocenters. The topological polar surface area (TPSA) is 94.0 Å². The molecule has 1 aliphatic carbocycles. The Hall–Kier alpha value is -0.320. The van der Waals surface area contributed by atoms with Gasteiger partial charge in [0.05, 0.1) is 0 Å². The van der Waals surface area contributed by atoms with Crippen LogP contribution in [0.3, 0.4) is 0 Å². The monoisotopic (exact) mass is 567 g/mol. The third kappa shape index (κ3) is 9.60. The maximum Gasteiger partial charge on any atom is 0.0418 e. The molecule has 0 aromatic heterocycles. The number of nitrogens with zero attached hydrogens (tertiary/aromatic N) is 5. The molecular formula is C32H70N8. The number of fused-ring (bicyclic) bond motifs is 2. The second-order valence-corrected chi connectivity index (χ2v) is 14.7. The Morgan fingerprint density at radius 2 is 1.27 bits per heavy atom. The molecule has 5 aliphatic heterocycles. The Morgan fingerprint density at radius 3 is 1.70 bits per heavy atom. The van der Waals surface area contributed by atoms with Gasteiger partial charge in [0.25, 0.3) is 0 Å². The van der Waals surface area contributed by atoms with Crippen LogP contribution in [0.4, 0.5) is 0 Å².